The number of amides is 1. The highest BCUT2D eigenvalue weighted by molar-refractivity contribution is 7.92. The molecule has 0 spiro atoms. The van der Waals surface area contributed by atoms with Gasteiger partial charge in [-0.2, -0.15) is 5.10 Å². The molecule has 3 aromatic carbocycles. The molecule has 0 bridgehead atoms. The second kappa shape index (κ2) is 12.4. The molecular formula is C26H28ClN3O5S. The predicted molar refractivity (Wildman–Crippen MR) is 141 cm³/mol. The largest absolute Gasteiger partial charge is 0.495 e. The zero-order chi connectivity index (χ0) is 26.1. The number of benzene rings is 3. The first kappa shape index (κ1) is 27.0. The first-order chi connectivity index (χ1) is 17.2. The van der Waals surface area contributed by atoms with Crippen LogP contribution in [0.2, 0.25) is 5.02 Å². The maximum Gasteiger partial charge on any atom is 0.264 e. The third-order valence-electron chi connectivity index (χ3n) is 4.91. The van der Waals surface area contributed by atoms with Crippen molar-refractivity contribution in [3.8, 4) is 11.5 Å². The molecule has 3 rings (SSSR count). The number of rotatable bonds is 11. The van der Waals surface area contributed by atoms with Crippen LogP contribution >= 0.6 is 11.6 Å². The van der Waals surface area contributed by atoms with Crippen molar-refractivity contribution in [1.82, 2.24) is 5.43 Å². The van der Waals surface area contributed by atoms with Gasteiger partial charge in [0.1, 0.15) is 18.0 Å². The lowest BCUT2D eigenvalue weighted by Gasteiger charge is -2.24. The van der Waals surface area contributed by atoms with Gasteiger partial charge >= 0.3 is 0 Å². The van der Waals surface area contributed by atoms with Crippen LogP contribution in [0.5, 0.6) is 11.5 Å². The van der Waals surface area contributed by atoms with Crippen molar-refractivity contribution in [2.24, 2.45) is 11.0 Å². The Bertz CT molecular complexity index is 1300. The molecule has 190 valence electrons. The number of hydrazone groups is 1. The van der Waals surface area contributed by atoms with Gasteiger partial charge in [-0.1, -0.05) is 43.6 Å². The number of halogens is 1. The first-order valence-electron chi connectivity index (χ1n) is 11.2. The van der Waals surface area contributed by atoms with Crippen molar-refractivity contribution in [2.75, 3.05) is 24.6 Å². The summed E-state index contributed by atoms with van der Waals surface area (Å²) in [7, 11) is -2.62. The monoisotopic (exact) mass is 529 g/mol. The van der Waals surface area contributed by atoms with Gasteiger partial charge in [0, 0.05) is 0 Å². The van der Waals surface area contributed by atoms with Gasteiger partial charge in [-0.3, -0.25) is 9.10 Å². The molecule has 0 saturated carbocycles. The summed E-state index contributed by atoms with van der Waals surface area (Å²) in [4.78, 5) is 12.7. The highest BCUT2D eigenvalue weighted by Gasteiger charge is 2.27. The number of nitrogens with one attached hydrogen (secondary N) is 1. The molecule has 0 fully saturated rings. The van der Waals surface area contributed by atoms with E-state index in [1.807, 2.05) is 12.1 Å². The Hall–Kier alpha value is -3.56. The lowest BCUT2D eigenvalue weighted by atomic mass is 10.2. The number of ether oxygens (including phenoxy) is 2. The number of carbonyl (C=O) groups excluding carboxylic acids is 1. The minimum Gasteiger partial charge on any atom is -0.495 e. The summed E-state index contributed by atoms with van der Waals surface area (Å²) in [5.74, 6) is 0.909. The van der Waals surface area contributed by atoms with Crippen LogP contribution in [0.4, 0.5) is 5.69 Å². The van der Waals surface area contributed by atoms with Crippen molar-refractivity contribution in [2.45, 2.75) is 18.7 Å². The van der Waals surface area contributed by atoms with Crippen molar-refractivity contribution in [3.05, 3.63) is 83.4 Å². The standard InChI is InChI=1S/C26H28ClN3O5S/c1-19(2)18-35-22-12-9-20(10-13-22)16-28-29-26(31)17-30(21-11-14-25(34-3)24(27)15-21)36(32,33)23-7-5-4-6-8-23/h4-16,19H,17-18H2,1-3H3,(H,29,31)/b28-16-. The molecule has 0 radical (unpaired) electrons. The second-order valence-electron chi connectivity index (χ2n) is 8.21. The van der Waals surface area contributed by atoms with Gasteiger partial charge in [0.15, 0.2) is 0 Å². The number of anilines is 1. The smallest absolute Gasteiger partial charge is 0.264 e. The van der Waals surface area contributed by atoms with Gasteiger partial charge < -0.3 is 9.47 Å². The average molecular weight is 530 g/mol. The van der Waals surface area contributed by atoms with E-state index in [0.717, 1.165) is 15.6 Å². The highest BCUT2D eigenvalue weighted by atomic mass is 35.5. The third kappa shape index (κ3) is 7.22. The molecule has 0 aliphatic carbocycles. The van der Waals surface area contributed by atoms with E-state index >= 15 is 0 Å². The average Bonchev–Trinajstić information content (AvgIpc) is 2.87. The van der Waals surface area contributed by atoms with Crippen LogP contribution in [-0.2, 0) is 14.8 Å². The summed E-state index contributed by atoms with van der Waals surface area (Å²) in [6.07, 6.45) is 1.46. The number of hydrogen-bond acceptors (Lipinski definition) is 6. The molecule has 8 nitrogen and oxygen atoms in total. The van der Waals surface area contributed by atoms with E-state index in [9.17, 15) is 13.2 Å². The zero-order valence-corrected chi connectivity index (χ0v) is 21.8. The second-order valence-corrected chi connectivity index (χ2v) is 10.5. The van der Waals surface area contributed by atoms with E-state index in [2.05, 4.69) is 24.4 Å². The SMILES string of the molecule is COc1ccc(N(CC(=O)N/N=C\c2ccc(OCC(C)C)cc2)S(=O)(=O)c2ccccc2)cc1Cl. The van der Waals surface area contributed by atoms with Crippen molar-refractivity contribution in [3.63, 3.8) is 0 Å². The van der Waals surface area contributed by atoms with Crippen molar-refractivity contribution in [1.29, 1.82) is 0 Å². The number of carbonyl (C=O) groups is 1. The van der Waals surface area contributed by atoms with E-state index < -0.39 is 22.5 Å². The van der Waals surface area contributed by atoms with Gasteiger partial charge in [-0.15, -0.1) is 0 Å². The molecule has 0 aliphatic rings. The van der Waals surface area contributed by atoms with Crippen LogP contribution in [0.15, 0.2) is 82.8 Å². The Balaban J connectivity index is 1.75. The maximum atomic E-state index is 13.4. The Morgan fingerprint density at radius 2 is 1.78 bits per heavy atom. The molecule has 1 N–H and O–H groups in total. The summed E-state index contributed by atoms with van der Waals surface area (Å²) in [5, 5.41) is 4.17. The van der Waals surface area contributed by atoms with E-state index in [1.165, 1.54) is 43.7 Å². The predicted octanol–water partition coefficient (Wildman–Crippen LogP) is 4.73. The molecule has 3 aromatic rings. The number of hydrogen-bond donors (Lipinski definition) is 1. The fourth-order valence-corrected chi connectivity index (χ4v) is 4.79. The van der Waals surface area contributed by atoms with E-state index in [-0.39, 0.29) is 15.6 Å². The Morgan fingerprint density at radius 3 is 2.39 bits per heavy atom. The van der Waals surface area contributed by atoms with Crippen molar-refractivity contribution < 1.29 is 22.7 Å². The Labute approximate surface area is 216 Å². The number of methoxy groups -OCH3 is 1. The molecule has 0 saturated heterocycles. The topological polar surface area (TPSA) is 97.3 Å². The molecule has 36 heavy (non-hydrogen) atoms. The van der Waals surface area contributed by atoms with E-state index in [4.69, 9.17) is 21.1 Å². The molecule has 10 heteroatoms. The van der Waals surface area contributed by atoms with Crippen LogP contribution in [0.3, 0.4) is 0 Å². The maximum absolute atomic E-state index is 13.4. The summed E-state index contributed by atoms with van der Waals surface area (Å²) < 4.78 is 38.5. The van der Waals surface area contributed by atoms with Crippen LogP contribution in [0.1, 0.15) is 19.4 Å². The fraction of sp³-hybridized carbons (Fsp3) is 0.231. The van der Waals surface area contributed by atoms with E-state index in [0.29, 0.717) is 18.3 Å². The van der Waals surface area contributed by atoms with Gasteiger partial charge in [-0.05, 0) is 66.1 Å². The lowest BCUT2D eigenvalue weighted by molar-refractivity contribution is -0.119. The van der Waals surface area contributed by atoms with Crippen LogP contribution < -0.4 is 19.2 Å². The van der Waals surface area contributed by atoms with Crippen LogP contribution in [-0.4, -0.2) is 40.8 Å². The number of sulfonamides is 1. The molecule has 0 aliphatic heterocycles. The minimum absolute atomic E-state index is 0.0352. The highest BCUT2D eigenvalue weighted by Crippen LogP contribution is 2.31. The molecule has 0 unspecified atom stereocenters. The molecular weight excluding hydrogens is 502 g/mol. The Kier molecular flexibility index (Phi) is 9.32. The van der Waals surface area contributed by atoms with Gasteiger partial charge in [-0.25, -0.2) is 13.8 Å². The Morgan fingerprint density at radius 1 is 1.08 bits per heavy atom. The van der Waals surface area contributed by atoms with Gasteiger partial charge in [0.2, 0.25) is 0 Å². The van der Waals surface area contributed by atoms with Crippen LogP contribution in [0, 0.1) is 5.92 Å². The van der Waals surface area contributed by atoms with Crippen LogP contribution in [0.25, 0.3) is 0 Å². The molecule has 0 atom stereocenters. The summed E-state index contributed by atoms with van der Waals surface area (Å²) in [5.41, 5.74) is 3.33. The summed E-state index contributed by atoms with van der Waals surface area (Å²) in [6.45, 7) is 4.24. The van der Waals surface area contributed by atoms with Gasteiger partial charge in [0.25, 0.3) is 15.9 Å². The van der Waals surface area contributed by atoms with E-state index in [1.54, 1.807) is 30.3 Å². The molecule has 1 amide bonds. The van der Waals surface area contributed by atoms with Crippen molar-refractivity contribution >= 4 is 39.4 Å². The summed E-state index contributed by atoms with van der Waals surface area (Å²) >= 11 is 6.22. The number of nitrogens with zero attached hydrogens (tertiary/aromatic N) is 2. The van der Waals surface area contributed by atoms with Gasteiger partial charge in [0.05, 0.1) is 35.5 Å². The quantitative estimate of drug-likeness (QED) is 0.286. The molecule has 0 heterocycles. The zero-order valence-electron chi connectivity index (χ0n) is 20.2. The summed E-state index contributed by atoms with van der Waals surface area (Å²) in [6, 6.07) is 19.5. The minimum atomic E-state index is -4.07. The first-order valence-corrected chi connectivity index (χ1v) is 13.0. The fourth-order valence-electron chi connectivity index (χ4n) is 3.10. The molecule has 0 aromatic heterocycles. The normalized spacial score (nSPS) is 11.5. The third-order valence-corrected chi connectivity index (χ3v) is 6.99. The lowest BCUT2D eigenvalue weighted by Crippen LogP contribution is -2.39.